The summed E-state index contributed by atoms with van der Waals surface area (Å²) >= 11 is 0. The average Bonchev–Trinajstić information content (AvgIpc) is 3.05. The maximum atomic E-state index is 13.1. The van der Waals surface area contributed by atoms with Gasteiger partial charge in [0.15, 0.2) is 0 Å². The molecule has 0 radical (unpaired) electrons. The number of hydrogen-bond acceptors (Lipinski definition) is 2. The molecule has 2 aromatic carbocycles. The molecule has 1 fully saturated rings. The van der Waals surface area contributed by atoms with Gasteiger partial charge in [0.1, 0.15) is 5.82 Å². The fourth-order valence-corrected chi connectivity index (χ4v) is 3.39. The summed E-state index contributed by atoms with van der Waals surface area (Å²) in [5.41, 5.74) is 3.00. The summed E-state index contributed by atoms with van der Waals surface area (Å²) in [6.45, 7) is 3.34. The van der Waals surface area contributed by atoms with Crippen molar-refractivity contribution in [2.24, 2.45) is 5.92 Å². The van der Waals surface area contributed by atoms with Gasteiger partial charge in [0.2, 0.25) is 11.8 Å². The number of terminal acetylenes is 1. The highest BCUT2D eigenvalue weighted by Gasteiger charge is 2.36. The quantitative estimate of drug-likeness (QED) is 0.725. The van der Waals surface area contributed by atoms with Gasteiger partial charge in [-0.1, -0.05) is 47.9 Å². The molecule has 1 aliphatic heterocycles. The Morgan fingerprint density at radius 1 is 1.18 bits per heavy atom. The predicted molar refractivity (Wildman–Crippen MR) is 105 cm³/mol. The Bertz CT molecular complexity index is 884. The van der Waals surface area contributed by atoms with Crippen molar-refractivity contribution in [2.45, 2.75) is 26.4 Å². The fraction of sp³-hybridized carbons (Fsp3) is 0.304. The van der Waals surface area contributed by atoms with Crippen molar-refractivity contribution in [3.05, 3.63) is 71.0 Å². The van der Waals surface area contributed by atoms with Crippen molar-refractivity contribution in [3.8, 4) is 12.3 Å². The third kappa shape index (κ3) is 4.77. The Balaban J connectivity index is 1.66. The molecular weight excluding hydrogens is 355 g/mol. The van der Waals surface area contributed by atoms with Crippen molar-refractivity contribution >= 4 is 11.8 Å². The molecule has 0 N–H and O–H groups in total. The number of nitrogens with zero attached hydrogens (tertiary/aromatic N) is 2. The first kappa shape index (κ1) is 19.6. The lowest BCUT2D eigenvalue weighted by Gasteiger charge is -2.24. The Morgan fingerprint density at radius 2 is 1.82 bits per heavy atom. The van der Waals surface area contributed by atoms with Gasteiger partial charge >= 0.3 is 0 Å². The van der Waals surface area contributed by atoms with Gasteiger partial charge in [-0.15, -0.1) is 6.42 Å². The minimum atomic E-state index is -0.410. The minimum Gasteiger partial charge on any atom is -0.338 e. The van der Waals surface area contributed by atoms with Crippen LogP contribution in [-0.4, -0.2) is 34.7 Å². The molecular formula is C23H23FN2O2. The normalized spacial score (nSPS) is 16.1. The molecule has 28 heavy (non-hydrogen) atoms. The van der Waals surface area contributed by atoms with Crippen LogP contribution >= 0.6 is 0 Å². The molecule has 0 aromatic heterocycles. The van der Waals surface area contributed by atoms with E-state index in [0.29, 0.717) is 19.6 Å². The Labute approximate surface area is 165 Å². The van der Waals surface area contributed by atoms with E-state index in [9.17, 15) is 14.0 Å². The van der Waals surface area contributed by atoms with Crippen molar-refractivity contribution in [2.75, 3.05) is 13.1 Å². The number of hydrogen-bond donors (Lipinski definition) is 0. The first-order valence-corrected chi connectivity index (χ1v) is 9.26. The second-order valence-electron chi connectivity index (χ2n) is 7.19. The van der Waals surface area contributed by atoms with Gasteiger partial charge in [0.05, 0.1) is 12.5 Å². The highest BCUT2D eigenvalue weighted by atomic mass is 19.1. The molecule has 0 bridgehead atoms. The fourth-order valence-electron chi connectivity index (χ4n) is 3.39. The van der Waals surface area contributed by atoms with E-state index in [1.165, 1.54) is 12.1 Å². The number of aryl methyl sites for hydroxylation is 1. The lowest BCUT2D eigenvalue weighted by atomic mass is 10.1. The SMILES string of the molecule is C#CCN(Cc1ccc(F)cc1)C(=O)C1CC(=O)N(Cc2ccc(C)cc2)C1. The van der Waals surface area contributed by atoms with E-state index >= 15 is 0 Å². The van der Waals surface area contributed by atoms with Crippen LogP contribution in [0.15, 0.2) is 48.5 Å². The third-order valence-electron chi connectivity index (χ3n) is 4.94. The Hall–Kier alpha value is -3.13. The minimum absolute atomic E-state index is 0.0265. The number of halogens is 1. The zero-order valence-electron chi connectivity index (χ0n) is 15.9. The highest BCUT2D eigenvalue weighted by molar-refractivity contribution is 5.89. The Kier molecular flexibility index (Phi) is 6.10. The van der Waals surface area contributed by atoms with Crippen LogP contribution in [0.25, 0.3) is 0 Å². The second kappa shape index (κ2) is 8.71. The third-order valence-corrected chi connectivity index (χ3v) is 4.94. The first-order valence-electron chi connectivity index (χ1n) is 9.26. The topological polar surface area (TPSA) is 40.6 Å². The van der Waals surface area contributed by atoms with Gasteiger partial charge in [0.25, 0.3) is 0 Å². The van der Waals surface area contributed by atoms with Crippen LogP contribution in [0.3, 0.4) is 0 Å². The van der Waals surface area contributed by atoms with E-state index in [2.05, 4.69) is 5.92 Å². The lowest BCUT2D eigenvalue weighted by Crippen LogP contribution is -2.37. The molecule has 0 saturated carbocycles. The molecule has 1 heterocycles. The monoisotopic (exact) mass is 378 g/mol. The van der Waals surface area contributed by atoms with E-state index in [-0.39, 0.29) is 30.6 Å². The summed E-state index contributed by atoms with van der Waals surface area (Å²) in [4.78, 5) is 28.7. The molecule has 1 saturated heterocycles. The second-order valence-corrected chi connectivity index (χ2v) is 7.19. The molecule has 3 rings (SSSR count). The van der Waals surface area contributed by atoms with Gasteiger partial charge in [-0.3, -0.25) is 9.59 Å². The predicted octanol–water partition coefficient (Wildman–Crippen LogP) is 3.14. The molecule has 1 unspecified atom stereocenters. The van der Waals surface area contributed by atoms with Crippen LogP contribution in [0.1, 0.15) is 23.1 Å². The highest BCUT2D eigenvalue weighted by Crippen LogP contribution is 2.23. The van der Waals surface area contributed by atoms with E-state index in [1.54, 1.807) is 21.9 Å². The van der Waals surface area contributed by atoms with Crippen LogP contribution < -0.4 is 0 Å². The smallest absolute Gasteiger partial charge is 0.229 e. The maximum Gasteiger partial charge on any atom is 0.229 e. The number of benzene rings is 2. The molecule has 0 aliphatic carbocycles. The van der Waals surface area contributed by atoms with Crippen LogP contribution in [0, 0.1) is 31.0 Å². The summed E-state index contributed by atoms with van der Waals surface area (Å²) in [5.74, 6) is 1.60. The van der Waals surface area contributed by atoms with E-state index in [4.69, 9.17) is 6.42 Å². The lowest BCUT2D eigenvalue weighted by molar-refractivity contribution is -0.135. The standard InChI is InChI=1S/C23H23FN2O2/c1-3-12-25(14-19-8-10-21(24)11-9-19)23(28)20-13-22(27)26(16-20)15-18-6-4-17(2)5-7-18/h1,4-11,20H,12-16H2,2H3. The summed E-state index contributed by atoms with van der Waals surface area (Å²) in [7, 11) is 0. The van der Waals surface area contributed by atoms with Crippen molar-refractivity contribution in [1.82, 2.24) is 9.80 Å². The van der Waals surface area contributed by atoms with E-state index < -0.39 is 5.92 Å². The maximum absolute atomic E-state index is 13.1. The van der Waals surface area contributed by atoms with Crippen molar-refractivity contribution in [3.63, 3.8) is 0 Å². The summed E-state index contributed by atoms with van der Waals surface area (Å²) in [5, 5.41) is 0. The van der Waals surface area contributed by atoms with Gasteiger partial charge < -0.3 is 9.80 Å². The summed E-state index contributed by atoms with van der Waals surface area (Å²) in [6, 6.07) is 14.0. The zero-order valence-corrected chi connectivity index (χ0v) is 15.9. The first-order chi connectivity index (χ1) is 13.5. The number of carbonyl (C=O) groups is 2. The van der Waals surface area contributed by atoms with Crippen LogP contribution in [0.2, 0.25) is 0 Å². The molecule has 1 aliphatic rings. The summed E-state index contributed by atoms with van der Waals surface area (Å²) < 4.78 is 13.1. The van der Waals surface area contributed by atoms with Gasteiger partial charge in [-0.05, 0) is 30.2 Å². The molecule has 2 aromatic rings. The van der Waals surface area contributed by atoms with Crippen LogP contribution in [-0.2, 0) is 22.7 Å². The number of likely N-dealkylation sites (tertiary alicyclic amines) is 1. The molecule has 5 heteroatoms. The summed E-state index contributed by atoms with van der Waals surface area (Å²) in [6.07, 6.45) is 5.62. The van der Waals surface area contributed by atoms with E-state index in [1.807, 2.05) is 31.2 Å². The largest absolute Gasteiger partial charge is 0.338 e. The number of rotatable bonds is 6. The van der Waals surface area contributed by atoms with Crippen LogP contribution in [0.5, 0.6) is 0 Å². The van der Waals surface area contributed by atoms with Crippen molar-refractivity contribution < 1.29 is 14.0 Å². The molecule has 4 nitrogen and oxygen atoms in total. The van der Waals surface area contributed by atoms with Gasteiger partial charge in [-0.2, -0.15) is 0 Å². The molecule has 0 spiro atoms. The van der Waals surface area contributed by atoms with Gasteiger partial charge in [0, 0.05) is 26.1 Å². The molecule has 2 amide bonds. The molecule has 1 atom stereocenters. The average molecular weight is 378 g/mol. The van der Waals surface area contributed by atoms with Crippen molar-refractivity contribution in [1.29, 1.82) is 0 Å². The van der Waals surface area contributed by atoms with Crippen LogP contribution in [0.4, 0.5) is 4.39 Å². The Morgan fingerprint density at radius 3 is 2.46 bits per heavy atom. The number of amides is 2. The zero-order chi connectivity index (χ0) is 20.1. The van der Waals surface area contributed by atoms with E-state index in [0.717, 1.165) is 16.7 Å². The van der Waals surface area contributed by atoms with Gasteiger partial charge in [-0.25, -0.2) is 4.39 Å². The molecule has 144 valence electrons. The number of carbonyl (C=O) groups excluding carboxylic acids is 2.